The van der Waals surface area contributed by atoms with Gasteiger partial charge in [0.2, 0.25) is 5.91 Å². The summed E-state index contributed by atoms with van der Waals surface area (Å²) in [5.74, 6) is 1.26. The molecule has 1 saturated heterocycles. The zero-order valence-corrected chi connectivity index (χ0v) is 11.9. The highest BCUT2D eigenvalue weighted by Crippen LogP contribution is 2.09. The van der Waals surface area contributed by atoms with E-state index in [1.807, 2.05) is 18.7 Å². The highest BCUT2D eigenvalue weighted by Gasteiger charge is 2.22. The van der Waals surface area contributed by atoms with Gasteiger partial charge in [-0.3, -0.25) is 9.69 Å². The van der Waals surface area contributed by atoms with Crippen molar-refractivity contribution in [3.05, 3.63) is 0 Å². The van der Waals surface area contributed by atoms with Crippen LogP contribution in [0, 0.1) is 11.8 Å². The minimum Gasteiger partial charge on any atom is -0.340 e. The zero-order valence-electron chi connectivity index (χ0n) is 11.9. The molecule has 0 N–H and O–H groups in total. The van der Waals surface area contributed by atoms with Crippen LogP contribution in [0.2, 0.25) is 0 Å². The lowest BCUT2D eigenvalue weighted by molar-refractivity contribution is -0.136. The molecule has 1 rings (SSSR count). The van der Waals surface area contributed by atoms with E-state index in [1.54, 1.807) is 0 Å². The van der Waals surface area contributed by atoms with Gasteiger partial charge in [-0.2, -0.15) is 0 Å². The fourth-order valence-corrected chi connectivity index (χ4v) is 2.28. The van der Waals surface area contributed by atoms with Crippen molar-refractivity contribution in [1.29, 1.82) is 0 Å². The van der Waals surface area contributed by atoms with Crippen LogP contribution in [0.25, 0.3) is 0 Å². The molecular formula is C14H28N2O. The molecule has 1 aliphatic heterocycles. The fraction of sp³-hybridized carbons (Fsp3) is 0.929. The maximum Gasteiger partial charge on any atom is 0.225 e. The molecule has 0 atom stereocenters. The van der Waals surface area contributed by atoms with Crippen LogP contribution < -0.4 is 0 Å². The van der Waals surface area contributed by atoms with Crippen molar-refractivity contribution < 1.29 is 4.79 Å². The third-order valence-corrected chi connectivity index (χ3v) is 3.43. The SMILES string of the molecule is CC(C)CCCN1CCN(C(=O)C(C)C)CC1. The predicted octanol–water partition coefficient (Wildman–Crippen LogP) is 2.22. The van der Waals surface area contributed by atoms with Gasteiger partial charge in [0.1, 0.15) is 0 Å². The summed E-state index contributed by atoms with van der Waals surface area (Å²) in [5, 5.41) is 0. The van der Waals surface area contributed by atoms with Gasteiger partial charge in [-0.05, 0) is 25.3 Å². The molecule has 0 aromatic carbocycles. The van der Waals surface area contributed by atoms with Crippen LogP contribution in [-0.2, 0) is 4.79 Å². The quantitative estimate of drug-likeness (QED) is 0.735. The van der Waals surface area contributed by atoms with E-state index in [1.165, 1.54) is 19.4 Å². The first-order chi connectivity index (χ1) is 8.00. The maximum atomic E-state index is 11.8. The van der Waals surface area contributed by atoms with Crippen molar-refractivity contribution in [2.45, 2.75) is 40.5 Å². The van der Waals surface area contributed by atoms with Crippen molar-refractivity contribution in [2.75, 3.05) is 32.7 Å². The van der Waals surface area contributed by atoms with E-state index in [4.69, 9.17) is 0 Å². The third-order valence-electron chi connectivity index (χ3n) is 3.43. The maximum absolute atomic E-state index is 11.8. The van der Waals surface area contributed by atoms with Crippen LogP contribution >= 0.6 is 0 Å². The van der Waals surface area contributed by atoms with Crippen molar-refractivity contribution in [3.63, 3.8) is 0 Å². The van der Waals surface area contributed by atoms with Crippen molar-refractivity contribution in [3.8, 4) is 0 Å². The smallest absolute Gasteiger partial charge is 0.225 e. The Morgan fingerprint density at radius 2 is 1.65 bits per heavy atom. The molecule has 0 aromatic rings. The van der Waals surface area contributed by atoms with Gasteiger partial charge in [0.15, 0.2) is 0 Å². The minimum atomic E-state index is 0.141. The Balaban J connectivity index is 2.19. The molecule has 0 radical (unpaired) electrons. The Hall–Kier alpha value is -0.570. The second-order valence-electron chi connectivity index (χ2n) is 5.86. The first-order valence-electron chi connectivity index (χ1n) is 7.02. The van der Waals surface area contributed by atoms with E-state index in [0.717, 1.165) is 32.1 Å². The summed E-state index contributed by atoms with van der Waals surface area (Å²) in [6.45, 7) is 13.7. The molecular weight excluding hydrogens is 212 g/mol. The Morgan fingerprint density at radius 3 is 2.12 bits per heavy atom. The second kappa shape index (κ2) is 7.00. The Kier molecular flexibility index (Phi) is 5.96. The Morgan fingerprint density at radius 1 is 1.06 bits per heavy atom. The molecule has 0 unspecified atom stereocenters. The summed E-state index contributed by atoms with van der Waals surface area (Å²) in [6, 6.07) is 0. The van der Waals surface area contributed by atoms with Gasteiger partial charge >= 0.3 is 0 Å². The Labute approximate surface area is 106 Å². The van der Waals surface area contributed by atoms with Gasteiger partial charge in [0, 0.05) is 32.1 Å². The van der Waals surface area contributed by atoms with E-state index >= 15 is 0 Å². The highest BCUT2D eigenvalue weighted by molar-refractivity contribution is 5.78. The molecule has 0 bridgehead atoms. The molecule has 100 valence electrons. The minimum absolute atomic E-state index is 0.141. The van der Waals surface area contributed by atoms with Crippen molar-refractivity contribution in [1.82, 2.24) is 9.80 Å². The summed E-state index contributed by atoms with van der Waals surface area (Å²) < 4.78 is 0. The van der Waals surface area contributed by atoms with Gasteiger partial charge in [-0.1, -0.05) is 27.7 Å². The molecule has 3 nitrogen and oxygen atoms in total. The topological polar surface area (TPSA) is 23.6 Å². The number of piperazine rings is 1. The first-order valence-corrected chi connectivity index (χ1v) is 7.02. The lowest BCUT2D eigenvalue weighted by Gasteiger charge is -2.35. The van der Waals surface area contributed by atoms with Crippen LogP contribution in [0.5, 0.6) is 0 Å². The number of carbonyl (C=O) groups is 1. The summed E-state index contributed by atoms with van der Waals surface area (Å²) in [6.07, 6.45) is 2.60. The molecule has 1 fully saturated rings. The predicted molar refractivity (Wildman–Crippen MR) is 71.9 cm³/mol. The van der Waals surface area contributed by atoms with Crippen molar-refractivity contribution in [2.24, 2.45) is 11.8 Å². The molecule has 0 aromatic heterocycles. The molecule has 0 spiro atoms. The lowest BCUT2D eigenvalue weighted by atomic mass is 10.1. The zero-order chi connectivity index (χ0) is 12.8. The average molecular weight is 240 g/mol. The number of nitrogens with zero attached hydrogens (tertiary/aromatic N) is 2. The number of carbonyl (C=O) groups excluding carboxylic acids is 1. The van der Waals surface area contributed by atoms with Gasteiger partial charge in [-0.15, -0.1) is 0 Å². The van der Waals surface area contributed by atoms with Gasteiger partial charge in [0.05, 0.1) is 0 Å². The van der Waals surface area contributed by atoms with Crippen LogP contribution in [-0.4, -0.2) is 48.4 Å². The van der Waals surface area contributed by atoms with E-state index in [-0.39, 0.29) is 5.92 Å². The van der Waals surface area contributed by atoms with Gasteiger partial charge in [-0.25, -0.2) is 0 Å². The van der Waals surface area contributed by atoms with E-state index in [0.29, 0.717) is 5.91 Å². The van der Waals surface area contributed by atoms with Crippen LogP contribution in [0.15, 0.2) is 0 Å². The number of amides is 1. The standard InChI is InChI=1S/C14H28N2O/c1-12(2)6-5-7-15-8-10-16(11-9-15)14(17)13(3)4/h12-13H,5-11H2,1-4H3. The fourth-order valence-electron chi connectivity index (χ4n) is 2.28. The lowest BCUT2D eigenvalue weighted by Crippen LogP contribution is -2.49. The molecule has 1 amide bonds. The molecule has 17 heavy (non-hydrogen) atoms. The molecule has 0 saturated carbocycles. The molecule has 1 aliphatic rings. The number of rotatable bonds is 5. The largest absolute Gasteiger partial charge is 0.340 e. The normalized spacial score (nSPS) is 18.1. The third kappa shape index (κ3) is 5.07. The number of hydrogen-bond acceptors (Lipinski definition) is 2. The van der Waals surface area contributed by atoms with E-state index in [9.17, 15) is 4.79 Å². The van der Waals surface area contributed by atoms with Crippen molar-refractivity contribution >= 4 is 5.91 Å². The Bertz CT molecular complexity index is 230. The van der Waals surface area contributed by atoms with Crippen LogP contribution in [0.3, 0.4) is 0 Å². The second-order valence-corrected chi connectivity index (χ2v) is 5.86. The van der Waals surface area contributed by atoms with Crippen LogP contribution in [0.1, 0.15) is 40.5 Å². The van der Waals surface area contributed by atoms with E-state index < -0.39 is 0 Å². The summed E-state index contributed by atoms with van der Waals surface area (Å²) in [4.78, 5) is 16.3. The van der Waals surface area contributed by atoms with Crippen LogP contribution in [0.4, 0.5) is 0 Å². The highest BCUT2D eigenvalue weighted by atomic mass is 16.2. The monoisotopic (exact) mass is 240 g/mol. The first kappa shape index (κ1) is 14.5. The van der Waals surface area contributed by atoms with Gasteiger partial charge in [0.25, 0.3) is 0 Å². The average Bonchev–Trinajstić information content (AvgIpc) is 2.28. The number of hydrogen-bond donors (Lipinski definition) is 0. The van der Waals surface area contributed by atoms with E-state index in [2.05, 4.69) is 18.7 Å². The summed E-state index contributed by atoms with van der Waals surface area (Å²) in [5.41, 5.74) is 0. The summed E-state index contributed by atoms with van der Waals surface area (Å²) in [7, 11) is 0. The molecule has 0 aliphatic carbocycles. The van der Waals surface area contributed by atoms with Gasteiger partial charge < -0.3 is 4.90 Å². The molecule has 3 heteroatoms. The summed E-state index contributed by atoms with van der Waals surface area (Å²) >= 11 is 0. The molecule has 1 heterocycles.